The molecule has 1 nitrogen and oxygen atoms in total. The largest absolute Gasteiger partial charge is 0.377 e. The van der Waals surface area contributed by atoms with Gasteiger partial charge in [-0.25, -0.2) is 0 Å². The van der Waals surface area contributed by atoms with Gasteiger partial charge in [0.05, 0.1) is 21.8 Å². The summed E-state index contributed by atoms with van der Waals surface area (Å²) in [6.07, 6.45) is 0. The van der Waals surface area contributed by atoms with Gasteiger partial charge in [-0.15, -0.1) is 0 Å². The second kappa shape index (κ2) is 6.69. The molecule has 0 aliphatic carbocycles. The van der Waals surface area contributed by atoms with Crippen LogP contribution in [0, 0.1) is 6.92 Å². The van der Waals surface area contributed by atoms with Crippen LogP contribution >= 0.6 is 55.1 Å². The van der Waals surface area contributed by atoms with E-state index in [9.17, 15) is 0 Å². The molecule has 0 aromatic heterocycles. The number of rotatable bonds is 3. The molecule has 5 heteroatoms. The van der Waals surface area contributed by atoms with Crippen molar-refractivity contribution in [2.45, 2.75) is 19.9 Å². The lowest BCUT2D eigenvalue weighted by molar-refractivity contribution is 0.882. The van der Waals surface area contributed by atoms with Gasteiger partial charge in [0, 0.05) is 8.95 Å². The fourth-order valence-corrected chi connectivity index (χ4v) is 4.10. The third kappa shape index (κ3) is 3.51. The minimum absolute atomic E-state index is 0.0384. The maximum absolute atomic E-state index is 6.26. The summed E-state index contributed by atoms with van der Waals surface area (Å²) in [5.74, 6) is 0. The minimum atomic E-state index is 0.0384. The van der Waals surface area contributed by atoms with Gasteiger partial charge >= 0.3 is 0 Å². The van der Waals surface area contributed by atoms with E-state index in [0.29, 0.717) is 10.0 Å². The first-order valence-electron chi connectivity index (χ1n) is 6.06. The first-order valence-corrected chi connectivity index (χ1v) is 8.40. The van der Waals surface area contributed by atoms with Crippen LogP contribution in [-0.2, 0) is 0 Å². The quantitative estimate of drug-likeness (QED) is 0.545. The average molecular weight is 438 g/mol. The first-order chi connectivity index (χ1) is 9.40. The van der Waals surface area contributed by atoms with Crippen molar-refractivity contribution < 1.29 is 0 Å². The Bertz CT molecular complexity index is 621. The van der Waals surface area contributed by atoms with Gasteiger partial charge in [-0.05, 0) is 75.0 Å². The van der Waals surface area contributed by atoms with Crippen LogP contribution < -0.4 is 5.32 Å². The highest BCUT2D eigenvalue weighted by Crippen LogP contribution is 2.37. The summed E-state index contributed by atoms with van der Waals surface area (Å²) in [6.45, 7) is 4.10. The van der Waals surface area contributed by atoms with Crippen molar-refractivity contribution in [1.82, 2.24) is 0 Å². The van der Waals surface area contributed by atoms with E-state index in [1.807, 2.05) is 12.1 Å². The SMILES string of the molecule is Cc1cc(Br)c(NC(C)c2cccc(Cl)c2Cl)c(Br)c1. The van der Waals surface area contributed by atoms with Crippen LogP contribution in [0.1, 0.15) is 24.1 Å². The maximum Gasteiger partial charge on any atom is 0.0644 e. The third-order valence-electron chi connectivity index (χ3n) is 3.00. The monoisotopic (exact) mass is 435 g/mol. The first kappa shape index (κ1) is 16.2. The molecular formula is C15H13Br2Cl2N. The fourth-order valence-electron chi connectivity index (χ4n) is 1.99. The zero-order valence-electron chi connectivity index (χ0n) is 11.0. The number of halogens is 4. The highest BCUT2D eigenvalue weighted by molar-refractivity contribution is 9.11. The van der Waals surface area contributed by atoms with Gasteiger partial charge in [0.15, 0.2) is 0 Å². The van der Waals surface area contributed by atoms with Gasteiger partial charge in [0.2, 0.25) is 0 Å². The Kier molecular flexibility index (Phi) is 5.41. The number of hydrogen-bond acceptors (Lipinski definition) is 1. The van der Waals surface area contributed by atoms with Crippen molar-refractivity contribution in [2.75, 3.05) is 5.32 Å². The smallest absolute Gasteiger partial charge is 0.0644 e. The summed E-state index contributed by atoms with van der Waals surface area (Å²) in [6, 6.07) is 9.84. The lowest BCUT2D eigenvalue weighted by Crippen LogP contribution is -2.08. The van der Waals surface area contributed by atoms with Crippen molar-refractivity contribution >= 4 is 60.7 Å². The molecule has 20 heavy (non-hydrogen) atoms. The molecular weight excluding hydrogens is 425 g/mol. The summed E-state index contributed by atoms with van der Waals surface area (Å²) in [5.41, 5.74) is 3.15. The summed E-state index contributed by atoms with van der Waals surface area (Å²) in [4.78, 5) is 0. The standard InChI is InChI=1S/C15H13Br2Cl2N/c1-8-6-11(16)15(12(17)7-8)20-9(2)10-4-3-5-13(18)14(10)19/h3-7,9,20H,1-2H3. The van der Waals surface area contributed by atoms with E-state index in [1.54, 1.807) is 6.07 Å². The maximum atomic E-state index is 6.26. The van der Waals surface area contributed by atoms with Gasteiger partial charge in [0.25, 0.3) is 0 Å². The molecule has 0 heterocycles. The van der Waals surface area contributed by atoms with Crippen molar-refractivity contribution in [1.29, 1.82) is 0 Å². The molecule has 0 saturated heterocycles. The summed E-state index contributed by atoms with van der Waals surface area (Å²) in [5, 5.41) is 4.61. The van der Waals surface area contributed by atoms with Crippen LogP contribution in [0.4, 0.5) is 5.69 Å². The molecule has 0 saturated carbocycles. The Labute approximate surface area is 145 Å². The van der Waals surface area contributed by atoms with E-state index >= 15 is 0 Å². The van der Waals surface area contributed by atoms with Gasteiger partial charge in [0.1, 0.15) is 0 Å². The molecule has 1 unspecified atom stereocenters. The summed E-state index contributed by atoms with van der Waals surface area (Å²) >= 11 is 19.5. The van der Waals surface area contributed by atoms with E-state index in [2.05, 4.69) is 63.2 Å². The molecule has 1 atom stereocenters. The van der Waals surface area contributed by atoms with Gasteiger partial charge in [-0.3, -0.25) is 0 Å². The second-order valence-electron chi connectivity index (χ2n) is 4.61. The zero-order valence-corrected chi connectivity index (χ0v) is 15.7. The van der Waals surface area contributed by atoms with Gasteiger partial charge < -0.3 is 5.32 Å². The van der Waals surface area contributed by atoms with Crippen molar-refractivity contribution in [3.05, 3.63) is 60.4 Å². The highest BCUT2D eigenvalue weighted by atomic mass is 79.9. The highest BCUT2D eigenvalue weighted by Gasteiger charge is 2.14. The van der Waals surface area contributed by atoms with Crippen LogP contribution in [0.5, 0.6) is 0 Å². The Morgan fingerprint density at radius 1 is 1.10 bits per heavy atom. The Morgan fingerprint density at radius 2 is 1.70 bits per heavy atom. The van der Waals surface area contributed by atoms with Crippen molar-refractivity contribution in [3.63, 3.8) is 0 Å². The predicted molar refractivity (Wildman–Crippen MR) is 95.1 cm³/mol. The molecule has 0 aliphatic rings. The van der Waals surface area contributed by atoms with Crippen LogP contribution in [0.2, 0.25) is 10.0 Å². The Balaban J connectivity index is 2.33. The Hall–Kier alpha value is -0.220. The lowest BCUT2D eigenvalue weighted by Gasteiger charge is -2.20. The van der Waals surface area contributed by atoms with Crippen LogP contribution in [0.15, 0.2) is 39.3 Å². The molecule has 1 N–H and O–H groups in total. The van der Waals surface area contributed by atoms with E-state index in [-0.39, 0.29) is 6.04 Å². The van der Waals surface area contributed by atoms with Crippen LogP contribution in [0.3, 0.4) is 0 Å². The van der Waals surface area contributed by atoms with Crippen LogP contribution in [0.25, 0.3) is 0 Å². The summed E-state index contributed by atoms with van der Waals surface area (Å²) < 4.78 is 2.02. The number of nitrogens with one attached hydrogen (secondary N) is 1. The molecule has 2 aromatic rings. The van der Waals surface area contributed by atoms with E-state index in [0.717, 1.165) is 20.2 Å². The molecule has 0 fully saturated rings. The number of aryl methyl sites for hydroxylation is 1. The van der Waals surface area contributed by atoms with E-state index in [4.69, 9.17) is 23.2 Å². The molecule has 0 spiro atoms. The van der Waals surface area contributed by atoms with Crippen LogP contribution in [-0.4, -0.2) is 0 Å². The normalized spacial score (nSPS) is 12.3. The zero-order chi connectivity index (χ0) is 14.9. The van der Waals surface area contributed by atoms with Crippen molar-refractivity contribution in [2.24, 2.45) is 0 Å². The third-order valence-corrected chi connectivity index (χ3v) is 5.08. The molecule has 2 rings (SSSR count). The van der Waals surface area contributed by atoms with Gasteiger partial charge in [-0.1, -0.05) is 35.3 Å². The molecule has 0 bridgehead atoms. The lowest BCUT2D eigenvalue weighted by atomic mass is 10.1. The molecule has 0 amide bonds. The van der Waals surface area contributed by atoms with Gasteiger partial charge in [-0.2, -0.15) is 0 Å². The minimum Gasteiger partial charge on any atom is -0.377 e. The number of benzene rings is 2. The molecule has 0 radical (unpaired) electrons. The predicted octanol–water partition coefficient (Wildman–Crippen LogP) is 7.00. The molecule has 2 aromatic carbocycles. The number of anilines is 1. The topological polar surface area (TPSA) is 12.0 Å². The number of hydrogen-bond donors (Lipinski definition) is 1. The Morgan fingerprint density at radius 3 is 2.30 bits per heavy atom. The van der Waals surface area contributed by atoms with E-state index < -0.39 is 0 Å². The average Bonchev–Trinajstić information content (AvgIpc) is 2.36. The van der Waals surface area contributed by atoms with E-state index in [1.165, 1.54) is 5.56 Å². The molecule has 106 valence electrons. The van der Waals surface area contributed by atoms with Crippen molar-refractivity contribution in [3.8, 4) is 0 Å². The second-order valence-corrected chi connectivity index (χ2v) is 7.11. The summed E-state index contributed by atoms with van der Waals surface area (Å²) in [7, 11) is 0. The fraction of sp³-hybridized carbons (Fsp3) is 0.200. The molecule has 0 aliphatic heterocycles.